The van der Waals surface area contributed by atoms with Crippen molar-refractivity contribution in [2.24, 2.45) is 0 Å². The third-order valence-corrected chi connectivity index (χ3v) is 4.73. The number of hydrogen-bond donors (Lipinski definition) is 2. The van der Waals surface area contributed by atoms with Gasteiger partial charge in [-0.2, -0.15) is 5.10 Å². The first-order valence-corrected chi connectivity index (χ1v) is 8.42. The standard InChI is InChI=1S/C17H21N5O2/c18-15-7-3-6-13(19-15)14-10-22(8-9-24-14)17(23)16-11-4-1-2-5-12(11)20-21-16/h3,6-7,14H,1-2,4-5,8-10H2,(H2,18,19)(H,20,21)/t14-/m0/s1. The number of H-pyrrole nitrogens is 1. The zero-order chi connectivity index (χ0) is 16.5. The maximum absolute atomic E-state index is 12.9. The molecule has 1 fully saturated rings. The third kappa shape index (κ3) is 2.75. The zero-order valence-electron chi connectivity index (χ0n) is 13.5. The number of hydrogen-bond acceptors (Lipinski definition) is 5. The van der Waals surface area contributed by atoms with E-state index >= 15 is 0 Å². The zero-order valence-corrected chi connectivity index (χ0v) is 13.5. The fraction of sp³-hybridized carbons (Fsp3) is 0.471. The number of aromatic nitrogens is 3. The largest absolute Gasteiger partial charge is 0.384 e. The molecule has 0 radical (unpaired) electrons. The number of fused-ring (bicyclic) bond motifs is 1. The van der Waals surface area contributed by atoms with Crippen molar-refractivity contribution in [2.75, 3.05) is 25.4 Å². The summed E-state index contributed by atoms with van der Waals surface area (Å²) in [5, 5.41) is 7.33. The fourth-order valence-corrected chi connectivity index (χ4v) is 3.47. The number of nitrogens with one attached hydrogen (secondary N) is 1. The number of ether oxygens (including phenoxy) is 1. The summed E-state index contributed by atoms with van der Waals surface area (Å²) in [6.07, 6.45) is 3.93. The smallest absolute Gasteiger partial charge is 0.274 e. The van der Waals surface area contributed by atoms with Gasteiger partial charge >= 0.3 is 0 Å². The summed E-state index contributed by atoms with van der Waals surface area (Å²) >= 11 is 0. The van der Waals surface area contributed by atoms with E-state index in [1.54, 1.807) is 6.07 Å². The van der Waals surface area contributed by atoms with Crippen molar-refractivity contribution in [2.45, 2.75) is 31.8 Å². The summed E-state index contributed by atoms with van der Waals surface area (Å²) in [5.74, 6) is 0.438. The number of carbonyl (C=O) groups excluding carboxylic acids is 1. The predicted molar refractivity (Wildman–Crippen MR) is 88.5 cm³/mol. The number of pyridine rings is 1. The highest BCUT2D eigenvalue weighted by Crippen LogP contribution is 2.26. The average Bonchev–Trinajstić information content (AvgIpc) is 3.05. The number of carbonyl (C=O) groups is 1. The molecule has 7 nitrogen and oxygen atoms in total. The lowest BCUT2D eigenvalue weighted by molar-refractivity contribution is -0.0248. The normalized spacial score (nSPS) is 20.7. The number of nitrogen functional groups attached to an aromatic ring is 1. The van der Waals surface area contributed by atoms with E-state index in [1.165, 1.54) is 0 Å². The molecular formula is C17H21N5O2. The highest BCUT2D eigenvalue weighted by Gasteiger charge is 2.30. The van der Waals surface area contributed by atoms with Crippen LogP contribution in [0.5, 0.6) is 0 Å². The van der Waals surface area contributed by atoms with Crippen molar-refractivity contribution in [3.05, 3.63) is 40.8 Å². The molecule has 1 amide bonds. The molecule has 1 saturated heterocycles. The Hall–Kier alpha value is -2.41. The van der Waals surface area contributed by atoms with Crippen molar-refractivity contribution >= 4 is 11.7 Å². The van der Waals surface area contributed by atoms with Crippen LogP contribution < -0.4 is 5.73 Å². The van der Waals surface area contributed by atoms with E-state index in [0.717, 1.165) is 42.6 Å². The van der Waals surface area contributed by atoms with Crippen LogP contribution >= 0.6 is 0 Å². The molecule has 126 valence electrons. The quantitative estimate of drug-likeness (QED) is 0.871. The topological polar surface area (TPSA) is 97.1 Å². The lowest BCUT2D eigenvalue weighted by atomic mass is 9.95. The van der Waals surface area contributed by atoms with E-state index in [1.807, 2.05) is 17.0 Å². The van der Waals surface area contributed by atoms with Gasteiger partial charge in [0.05, 0.1) is 18.8 Å². The molecule has 2 aromatic rings. The maximum Gasteiger partial charge on any atom is 0.274 e. The summed E-state index contributed by atoms with van der Waals surface area (Å²) in [6.45, 7) is 1.52. The van der Waals surface area contributed by atoms with E-state index in [-0.39, 0.29) is 12.0 Å². The van der Waals surface area contributed by atoms with Crippen LogP contribution in [0.1, 0.15) is 46.4 Å². The van der Waals surface area contributed by atoms with Crippen LogP contribution in [0.3, 0.4) is 0 Å². The van der Waals surface area contributed by atoms with Crippen molar-refractivity contribution in [3.8, 4) is 0 Å². The van der Waals surface area contributed by atoms with Crippen LogP contribution in [-0.4, -0.2) is 45.7 Å². The molecule has 7 heteroatoms. The van der Waals surface area contributed by atoms with E-state index in [9.17, 15) is 4.79 Å². The van der Waals surface area contributed by atoms with Crippen LogP contribution in [-0.2, 0) is 17.6 Å². The lowest BCUT2D eigenvalue weighted by Crippen LogP contribution is -2.43. The second kappa shape index (κ2) is 6.24. The third-order valence-electron chi connectivity index (χ3n) is 4.73. The van der Waals surface area contributed by atoms with Crippen LogP contribution in [0.25, 0.3) is 0 Å². The highest BCUT2D eigenvalue weighted by molar-refractivity contribution is 5.94. The molecule has 1 aliphatic heterocycles. The molecule has 3 N–H and O–H groups in total. The molecule has 1 atom stereocenters. The summed E-state index contributed by atoms with van der Waals surface area (Å²) in [6, 6.07) is 5.47. The predicted octanol–water partition coefficient (Wildman–Crippen LogP) is 1.48. The Bertz CT molecular complexity index is 757. The second-order valence-electron chi connectivity index (χ2n) is 6.33. The fourth-order valence-electron chi connectivity index (χ4n) is 3.47. The van der Waals surface area contributed by atoms with Crippen LogP contribution in [0.4, 0.5) is 5.82 Å². The summed E-state index contributed by atoms with van der Waals surface area (Å²) in [7, 11) is 0. The minimum absolute atomic E-state index is 0.0217. The van der Waals surface area contributed by atoms with E-state index < -0.39 is 0 Å². The van der Waals surface area contributed by atoms with Gasteiger partial charge in [0.25, 0.3) is 5.91 Å². The summed E-state index contributed by atoms with van der Waals surface area (Å²) < 4.78 is 5.79. The Morgan fingerprint density at radius 3 is 3.08 bits per heavy atom. The molecule has 4 rings (SSSR count). The van der Waals surface area contributed by atoms with E-state index in [2.05, 4.69) is 15.2 Å². The van der Waals surface area contributed by atoms with E-state index in [4.69, 9.17) is 10.5 Å². The van der Waals surface area contributed by atoms with Crippen LogP contribution in [0, 0.1) is 0 Å². The molecule has 24 heavy (non-hydrogen) atoms. The van der Waals surface area contributed by atoms with Gasteiger partial charge in [-0.25, -0.2) is 4.98 Å². The molecule has 0 bridgehead atoms. The first-order chi connectivity index (χ1) is 11.7. The Morgan fingerprint density at radius 1 is 1.33 bits per heavy atom. The van der Waals surface area contributed by atoms with Gasteiger partial charge in [0.1, 0.15) is 11.9 Å². The van der Waals surface area contributed by atoms with Gasteiger partial charge in [-0.15, -0.1) is 0 Å². The number of anilines is 1. The van der Waals surface area contributed by atoms with Crippen LogP contribution in [0.2, 0.25) is 0 Å². The molecule has 0 spiro atoms. The van der Waals surface area contributed by atoms with Gasteiger partial charge in [0, 0.05) is 17.8 Å². The second-order valence-corrected chi connectivity index (χ2v) is 6.33. The van der Waals surface area contributed by atoms with Crippen molar-refractivity contribution in [3.63, 3.8) is 0 Å². The van der Waals surface area contributed by atoms with Crippen molar-refractivity contribution < 1.29 is 9.53 Å². The Labute approximate surface area is 140 Å². The number of morpholine rings is 1. The van der Waals surface area contributed by atoms with Gasteiger partial charge in [-0.05, 0) is 37.8 Å². The molecule has 2 aliphatic rings. The van der Waals surface area contributed by atoms with Gasteiger partial charge in [-0.3, -0.25) is 9.89 Å². The molecule has 2 aromatic heterocycles. The summed E-state index contributed by atoms with van der Waals surface area (Å²) in [5.41, 5.74) is 9.30. The number of aryl methyl sites for hydroxylation is 1. The van der Waals surface area contributed by atoms with Gasteiger partial charge in [-0.1, -0.05) is 6.07 Å². The number of aromatic amines is 1. The number of rotatable bonds is 2. The molecular weight excluding hydrogens is 306 g/mol. The minimum Gasteiger partial charge on any atom is -0.384 e. The summed E-state index contributed by atoms with van der Waals surface area (Å²) in [4.78, 5) is 19.0. The molecule has 0 unspecified atom stereocenters. The number of amides is 1. The lowest BCUT2D eigenvalue weighted by Gasteiger charge is -2.32. The molecule has 0 saturated carbocycles. The molecule has 0 aromatic carbocycles. The van der Waals surface area contributed by atoms with Crippen molar-refractivity contribution in [1.82, 2.24) is 20.1 Å². The van der Waals surface area contributed by atoms with Crippen LogP contribution in [0.15, 0.2) is 18.2 Å². The minimum atomic E-state index is -0.249. The first-order valence-electron chi connectivity index (χ1n) is 8.42. The first kappa shape index (κ1) is 15.1. The Balaban J connectivity index is 1.54. The number of nitrogens with two attached hydrogens (primary N) is 1. The SMILES string of the molecule is Nc1cccc([C@@H]2CN(C(=O)c3n[nH]c4c3CCCC4)CCO2)n1. The van der Waals surface area contributed by atoms with E-state index in [0.29, 0.717) is 31.2 Å². The average molecular weight is 327 g/mol. The Morgan fingerprint density at radius 2 is 2.21 bits per heavy atom. The van der Waals surface area contributed by atoms with Gasteiger partial charge in [0.15, 0.2) is 5.69 Å². The number of nitrogens with zero attached hydrogens (tertiary/aromatic N) is 3. The monoisotopic (exact) mass is 327 g/mol. The highest BCUT2D eigenvalue weighted by atomic mass is 16.5. The van der Waals surface area contributed by atoms with Gasteiger partial charge < -0.3 is 15.4 Å². The molecule has 3 heterocycles. The maximum atomic E-state index is 12.9. The molecule has 1 aliphatic carbocycles. The van der Waals surface area contributed by atoms with Crippen molar-refractivity contribution in [1.29, 1.82) is 0 Å². The Kier molecular flexibility index (Phi) is 3.93. The van der Waals surface area contributed by atoms with Gasteiger partial charge in [0.2, 0.25) is 0 Å².